The lowest BCUT2D eigenvalue weighted by atomic mass is 10.1. The Morgan fingerprint density at radius 2 is 2.14 bits per heavy atom. The van der Waals surface area contributed by atoms with E-state index in [0.717, 1.165) is 5.01 Å². The highest BCUT2D eigenvalue weighted by molar-refractivity contribution is 7.09. The van der Waals surface area contributed by atoms with Crippen LogP contribution in [-0.4, -0.2) is 34.0 Å². The van der Waals surface area contributed by atoms with Gasteiger partial charge in [-0.05, 0) is 12.8 Å². The number of nitrogens with zero attached hydrogens (tertiary/aromatic N) is 1. The van der Waals surface area contributed by atoms with E-state index in [9.17, 15) is 14.4 Å². The molecule has 9 heteroatoms. The summed E-state index contributed by atoms with van der Waals surface area (Å²) >= 11 is 1.41. The third kappa shape index (κ3) is 5.78. The molecule has 2 atom stereocenters. The number of thiazole rings is 1. The minimum Gasteiger partial charge on any atom is -0.480 e. The fraction of sp³-hybridized carbons (Fsp3) is 0.500. The van der Waals surface area contributed by atoms with Gasteiger partial charge in [0, 0.05) is 18.0 Å². The molecule has 0 aliphatic carbocycles. The predicted octanol–water partition coefficient (Wildman–Crippen LogP) is 0.612. The molecule has 0 aliphatic rings. The number of nitrogens with two attached hydrogens (primary N) is 1. The average molecular weight is 314 g/mol. The van der Waals surface area contributed by atoms with E-state index in [1.807, 2.05) is 6.92 Å². The molecular weight excluding hydrogens is 296 g/mol. The molecule has 5 N–H and O–H groups in total. The number of urea groups is 1. The number of rotatable bonds is 8. The molecule has 0 aliphatic heterocycles. The monoisotopic (exact) mass is 314 g/mol. The van der Waals surface area contributed by atoms with Gasteiger partial charge >= 0.3 is 12.0 Å². The van der Waals surface area contributed by atoms with Crippen LogP contribution in [0.1, 0.15) is 37.2 Å². The first-order valence-electron chi connectivity index (χ1n) is 6.41. The highest BCUT2D eigenvalue weighted by atomic mass is 32.1. The van der Waals surface area contributed by atoms with Gasteiger partial charge in [0.15, 0.2) is 0 Å². The smallest absolute Gasteiger partial charge is 0.326 e. The maximum atomic E-state index is 11.8. The van der Waals surface area contributed by atoms with Crippen molar-refractivity contribution < 1.29 is 19.5 Å². The Morgan fingerprint density at radius 3 is 2.62 bits per heavy atom. The van der Waals surface area contributed by atoms with Crippen molar-refractivity contribution in [2.45, 2.75) is 38.3 Å². The first kappa shape index (κ1) is 16.9. The Hall–Kier alpha value is -2.16. The van der Waals surface area contributed by atoms with Gasteiger partial charge in [-0.25, -0.2) is 14.6 Å². The standard InChI is InChI=1S/C12H18N4O4S/c1-2-7(10-14-5-6-21-10)15-12(20)16-8(11(18)19)3-4-9(13)17/h5-8H,2-4H2,1H3,(H2,13,17)(H,18,19)(H2,15,16,20)/t7?,8-/m0/s1. The fourth-order valence-electron chi connectivity index (χ4n) is 1.65. The summed E-state index contributed by atoms with van der Waals surface area (Å²) < 4.78 is 0. The van der Waals surface area contributed by atoms with Crippen molar-refractivity contribution in [3.63, 3.8) is 0 Å². The van der Waals surface area contributed by atoms with Crippen molar-refractivity contribution >= 4 is 29.2 Å². The van der Waals surface area contributed by atoms with Gasteiger partial charge in [-0.3, -0.25) is 4.79 Å². The van der Waals surface area contributed by atoms with Crippen LogP contribution in [0.5, 0.6) is 0 Å². The number of aliphatic carboxylic acids is 1. The Kier molecular flexibility index (Phi) is 6.60. The summed E-state index contributed by atoms with van der Waals surface area (Å²) in [7, 11) is 0. The highest BCUT2D eigenvalue weighted by Gasteiger charge is 2.22. The largest absolute Gasteiger partial charge is 0.480 e. The van der Waals surface area contributed by atoms with E-state index in [1.165, 1.54) is 11.3 Å². The number of nitrogens with one attached hydrogen (secondary N) is 2. The summed E-state index contributed by atoms with van der Waals surface area (Å²) in [5.74, 6) is -1.83. The number of aromatic nitrogens is 1. The molecule has 3 amide bonds. The zero-order valence-electron chi connectivity index (χ0n) is 11.5. The van der Waals surface area contributed by atoms with Crippen molar-refractivity contribution in [1.82, 2.24) is 15.6 Å². The van der Waals surface area contributed by atoms with Crippen molar-refractivity contribution in [2.75, 3.05) is 0 Å². The molecule has 0 aromatic carbocycles. The van der Waals surface area contributed by atoms with Gasteiger partial charge in [-0.1, -0.05) is 6.92 Å². The van der Waals surface area contributed by atoms with E-state index >= 15 is 0 Å². The number of carboxylic acids is 1. The van der Waals surface area contributed by atoms with Crippen LogP contribution in [-0.2, 0) is 9.59 Å². The van der Waals surface area contributed by atoms with Gasteiger partial charge < -0.3 is 21.5 Å². The van der Waals surface area contributed by atoms with Gasteiger partial charge in [-0.15, -0.1) is 11.3 Å². The first-order chi connectivity index (χ1) is 9.93. The average Bonchev–Trinajstić information content (AvgIpc) is 2.94. The molecule has 1 unspecified atom stereocenters. The lowest BCUT2D eigenvalue weighted by molar-refractivity contribution is -0.139. The number of carbonyl (C=O) groups excluding carboxylic acids is 2. The summed E-state index contributed by atoms with van der Waals surface area (Å²) in [4.78, 5) is 37.7. The van der Waals surface area contributed by atoms with Gasteiger partial charge in [-0.2, -0.15) is 0 Å². The molecule has 1 aromatic heterocycles. The predicted molar refractivity (Wildman–Crippen MR) is 76.7 cm³/mol. The summed E-state index contributed by atoms with van der Waals surface area (Å²) in [6, 6.07) is -2.06. The van der Waals surface area contributed by atoms with Crippen LogP contribution >= 0.6 is 11.3 Å². The molecular formula is C12H18N4O4S. The third-order valence-corrected chi connectivity index (χ3v) is 3.64. The second-order valence-electron chi connectivity index (χ2n) is 4.34. The van der Waals surface area contributed by atoms with Gasteiger partial charge in [0.25, 0.3) is 0 Å². The van der Waals surface area contributed by atoms with E-state index in [2.05, 4.69) is 15.6 Å². The Morgan fingerprint density at radius 1 is 1.43 bits per heavy atom. The topological polar surface area (TPSA) is 134 Å². The summed E-state index contributed by atoms with van der Waals surface area (Å²) in [5.41, 5.74) is 4.97. The van der Waals surface area contributed by atoms with Crippen LogP contribution < -0.4 is 16.4 Å². The number of hydrogen-bond donors (Lipinski definition) is 4. The van der Waals surface area contributed by atoms with Gasteiger partial charge in [0.2, 0.25) is 5.91 Å². The van der Waals surface area contributed by atoms with E-state index in [-0.39, 0.29) is 18.9 Å². The summed E-state index contributed by atoms with van der Waals surface area (Å²) in [5, 5.41) is 16.5. The maximum absolute atomic E-state index is 11.8. The molecule has 21 heavy (non-hydrogen) atoms. The van der Waals surface area contributed by atoms with Gasteiger partial charge in [0.05, 0.1) is 6.04 Å². The number of primary amides is 1. The van der Waals surface area contributed by atoms with Crippen LogP contribution in [0, 0.1) is 0 Å². The zero-order valence-corrected chi connectivity index (χ0v) is 12.4. The second kappa shape index (κ2) is 8.20. The maximum Gasteiger partial charge on any atom is 0.326 e. The molecule has 0 fully saturated rings. The number of hydrogen-bond acceptors (Lipinski definition) is 5. The SMILES string of the molecule is CCC(NC(=O)N[C@@H](CCC(N)=O)C(=O)O)c1nccs1. The minimum atomic E-state index is -1.21. The van der Waals surface area contributed by atoms with Crippen LogP contribution in [0.4, 0.5) is 4.79 Å². The Labute approximate surface area is 125 Å². The molecule has 0 spiro atoms. The number of amides is 3. The Balaban J connectivity index is 2.56. The minimum absolute atomic E-state index is 0.0495. The molecule has 116 valence electrons. The van der Waals surface area contributed by atoms with E-state index in [4.69, 9.17) is 10.8 Å². The van der Waals surface area contributed by atoms with Crippen molar-refractivity contribution in [2.24, 2.45) is 5.73 Å². The van der Waals surface area contributed by atoms with Crippen LogP contribution in [0.2, 0.25) is 0 Å². The van der Waals surface area contributed by atoms with Gasteiger partial charge in [0.1, 0.15) is 11.0 Å². The summed E-state index contributed by atoms with van der Waals surface area (Å²) in [6.07, 6.45) is 2.10. The molecule has 1 aromatic rings. The molecule has 1 heterocycles. The Bertz CT molecular complexity index is 491. The summed E-state index contributed by atoms with van der Waals surface area (Å²) in [6.45, 7) is 1.88. The van der Waals surface area contributed by atoms with E-state index in [0.29, 0.717) is 6.42 Å². The van der Waals surface area contributed by atoms with Crippen LogP contribution in [0.15, 0.2) is 11.6 Å². The molecule has 0 bridgehead atoms. The lowest BCUT2D eigenvalue weighted by Gasteiger charge is -2.18. The third-order valence-electron chi connectivity index (χ3n) is 2.75. The molecule has 0 saturated carbocycles. The van der Waals surface area contributed by atoms with Crippen LogP contribution in [0.25, 0.3) is 0 Å². The first-order valence-corrected chi connectivity index (χ1v) is 7.29. The zero-order chi connectivity index (χ0) is 15.8. The molecule has 0 radical (unpaired) electrons. The fourth-order valence-corrected chi connectivity index (χ4v) is 2.42. The second-order valence-corrected chi connectivity index (χ2v) is 5.27. The quantitative estimate of drug-likeness (QED) is 0.557. The normalized spacial score (nSPS) is 13.2. The lowest BCUT2D eigenvalue weighted by Crippen LogP contribution is -2.47. The van der Waals surface area contributed by atoms with Crippen molar-refractivity contribution in [1.29, 1.82) is 0 Å². The van der Waals surface area contributed by atoms with Crippen LogP contribution in [0.3, 0.4) is 0 Å². The number of carboxylic acid groups (broad SMARTS) is 1. The van der Waals surface area contributed by atoms with E-state index < -0.39 is 23.9 Å². The molecule has 1 rings (SSSR count). The van der Waals surface area contributed by atoms with Crippen molar-refractivity contribution in [3.8, 4) is 0 Å². The molecule has 0 saturated heterocycles. The van der Waals surface area contributed by atoms with E-state index in [1.54, 1.807) is 11.6 Å². The number of carbonyl (C=O) groups is 3. The van der Waals surface area contributed by atoms with Crippen molar-refractivity contribution in [3.05, 3.63) is 16.6 Å². The molecule has 8 nitrogen and oxygen atoms in total. The highest BCUT2D eigenvalue weighted by Crippen LogP contribution is 2.18.